The summed E-state index contributed by atoms with van der Waals surface area (Å²) in [6.07, 6.45) is -9.95. The van der Waals surface area contributed by atoms with Gasteiger partial charge in [0.15, 0.2) is 24.5 Å². The van der Waals surface area contributed by atoms with Gasteiger partial charge in [0, 0.05) is 64.8 Å². The summed E-state index contributed by atoms with van der Waals surface area (Å²) in [5.41, 5.74) is -0.342. The summed E-state index contributed by atoms with van der Waals surface area (Å²) in [7, 11) is -23.9. The van der Waals surface area contributed by atoms with Gasteiger partial charge in [-0.25, -0.2) is 37.8 Å². The minimum Gasteiger partial charge on any atom is -0.394 e. The van der Waals surface area contributed by atoms with E-state index < -0.39 is 226 Å². The predicted octanol–water partition coefficient (Wildman–Crippen LogP) is 2.90. The first-order chi connectivity index (χ1) is 55.9. The molecule has 0 saturated carbocycles. The molecular weight excluding hydrogens is 1680 g/mol. The molecule has 1 amide bonds. The number of phosphoric ester groups is 5. The SMILES string of the molecule is CC(=O)NC1[C@H](OCCCCCCOP(=O)(O)OCCCOCC(COCCCOP(=O)(O)OCCCCCCO[C@@H]2OC(CO)[C@H](O)[C@H](O)C2C)(COCCCOP(=O)(O)OCCCCCCO[C@@H]2OC(CO)[C@H](O)[C@H](O)C2C)COP(=O)(O)OC[C@H]2O[C@@H](n3cnc4c(C)ncnc43)C[C@@H]2OP(=O)(O)OC(C)C)OC(CO)[C@H](O)[C@@H]1O. The van der Waals surface area contributed by atoms with Crippen LogP contribution in [0, 0.1) is 24.2 Å². The number of hydrogen-bond donors (Lipinski definition) is 15. The van der Waals surface area contributed by atoms with Gasteiger partial charge in [-0.05, 0) is 78.6 Å². The number of imidazole rings is 1. The van der Waals surface area contributed by atoms with Crippen molar-refractivity contribution in [2.24, 2.45) is 17.3 Å². The number of aryl methyl sites for hydroxylation is 1. The third-order valence-electron chi connectivity index (χ3n) is 19.2. The number of nitrogens with zero attached hydrogens (tertiary/aromatic N) is 4. The van der Waals surface area contributed by atoms with Crippen LogP contribution in [-0.2, 0) is 120 Å². The fourth-order valence-electron chi connectivity index (χ4n) is 12.7. The number of aliphatic hydroxyl groups excluding tert-OH is 9. The normalized spacial score (nSPS) is 29.6. The van der Waals surface area contributed by atoms with Gasteiger partial charge in [0.1, 0.15) is 79.0 Å². The Bertz CT molecular complexity index is 3340. The van der Waals surface area contributed by atoms with Gasteiger partial charge in [-0.15, -0.1) is 0 Å². The molecule has 0 radical (unpaired) electrons. The van der Waals surface area contributed by atoms with Crippen molar-refractivity contribution in [3.63, 3.8) is 0 Å². The molecule has 6 heterocycles. The fraction of sp³-hybridized carbons (Fsp3) is 0.912. The second-order valence-corrected chi connectivity index (χ2v) is 36.7. The number of fused-ring (bicyclic) bond motifs is 1. The molecule has 4 aliphatic rings. The first kappa shape index (κ1) is 105. The van der Waals surface area contributed by atoms with Crippen LogP contribution in [0.25, 0.3) is 11.2 Å². The van der Waals surface area contributed by atoms with E-state index >= 15 is 0 Å². The average molecular weight is 1810 g/mol. The zero-order valence-electron chi connectivity index (χ0n) is 67.5. The largest absolute Gasteiger partial charge is 0.472 e. The number of nitrogens with one attached hydrogen (secondary N) is 1. The molecule has 0 aliphatic carbocycles. The number of phosphoric acid groups is 5. The lowest BCUT2D eigenvalue weighted by atomic mass is 9.92. The van der Waals surface area contributed by atoms with E-state index in [1.807, 2.05) is 0 Å². The molecule has 4 saturated heterocycles. The standard InChI is InChI=1S/C68H126N5O40P5/c1-45(2)112-118(92,93)113-50-34-55(73-44-71-56-48(5)69-43-70-64(56)73)108-54(50)38-106-117(90,91)107-42-68(39-94-22-19-31-103-114(84,85)100-28-16-10-7-13-25-97-65-46(3)58(78)60(80)51(35-74)109-65,40-95-23-20-32-104-115(86,87)101-29-17-11-8-14-26-98-66-47(4)59(79)61(81)52(36-75)110-66)41-96-24-21-33-105-116(88,89)102-30-18-12-9-15-27-99-67-57(72-49(6)77)63(83)62(82)53(37-76)111-67/h43-47,50-55,57-63,65-67,74-76,78-83H,7-42H2,1-6H3,(H,72,77)(H,84,85)(H,86,87)(H,88,89)(H,90,91)(H,92,93)/t46?,47?,50-,51?,52?,53?,54+,55+,57?,58+,59+,60-,61-,62-,63+,65+,66+,67+,68?/m0/s1. The Balaban J connectivity index is 1.06. The minimum atomic E-state index is -5.27. The van der Waals surface area contributed by atoms with Crippen LogP contribution in [0.4, 0.5) is 0 Å². The van der Waals surface area contributed by atoms with Crippen LogP contribution in [0.2, 0.25) is 0 Å². The van der Waals surface area contributed by atoms with Crippen LogP contribution < -0.4 is 5.32 Å². The topological polar surface area (TPSA) is 626 Å². The molecule has 0 aromatic carbocycles. The summed E-state index contributed by atoms with van der Waals surface area (Å²) < 4.78 is 179. The highest BCUT2D eigenvalue weighted by molar-refractivity contribution is 7.48. The monoisotopic (exact) mass is 1810 g/mol. The first-order valence-corrected chi connectivity index (χ1v) is 47.1. The molecule has 45 nitrogen and oxygen atoms in total. The van der Waals surface area contributed by atoms with Crippen molar-refractivity contribution in [3.05, 3.63) is 18.3 Å². The van der Waals surface area contributed by atoms with Crippen molar-refractivity contribution in [1.29, 1.82) is 0 Å². The molecule has 4 fully saturated rings. The number of aromatic nitrogens is 4. The van der Waals surface area contributed by atoms with Gasteiger partial charge in [0.05, 0.1) is 128 Å². The van der Waals surface area contributed by atoms with E-state index in [1.54, 1.807) is 20.8 Å². The van der Waals surface area contributed by atoms with Crippen LogP contribution in [0.1, 0.15) is 149 Å². The van der Waals surface area contributed by atoms with E-state index in [4.69, 9.17) is 92.6 Å². The lowest BCUT2D eigenvalue weighted by Gasteiger charge is -2.42. The molecule has 0 spiro atoms. The fourth-order valence-corrected chi connectivity index (χ4v) is 17.1. The third-order valence-corrected chi connectivity index (χ3v) is 24.4. The summed E-state index contributed by atoms with van der Waals surface area (Å²) in [4.78, 5) is 78.5. The van der Waals surface area contributed by atoms with E-state index in [0.29, 0.717) is 93.9 Å². The van der Waals surface area contributed by atoms with E-state index in [1.165, 1.54) is 38.0 Å². The molecule has 4 aliphatic heterocycles. The summed E-state index contributed by atoms with van der Waals surface area (Å²) in [6, 6.07) is -1.12. The van der Waals surface area contributed by atoms with Crippen molar-refractivity contribution in [2.45, 2.75) is 249 Å². The van der Waals surface area contributed by atoms with Crippen molar-refractivity contribution in [3.8, 4) is 0 Å². The highest BCUT2D eigenvalue weighted by Gasteiger charge is 2.48. The van der Waals surface area contributed by atoms with Gasteiger partial charge in [-0.3, -0.25) is 54.6 Å². The Morgan fingerprint density at radius 1 is 0.483 bits per heavy atom. The number of ether oxygens (including phenoxy) is 10. The van der Waals surface area contributed by atoms with Crippen LogP contribution in [-0.4, -0.2) is 326 Å². The van der Waals surface area contributed by atoms with Crippen LogP contribution in [0.5, 0.6) is 0 Å². The second kappa shape index (κ2) is 52.8. The molecule has 2 aromatic rings. The number of aliphatic hydroxyl groups is 9. The molecule has 23 atom stereocenters. The van der Waals surface area contributed by atoms with E-state index in [-0.39, 0.29) is 98.4 Å². The van der Waals surface area contributed by atoms with Crippen LogP contribution >= 0.6 is 39.1 Å². The third kappa shape index (κ3) is 36.6. The van der Waals surface area contributed by atoms with E-state index in [0.717, 1.165) is 0 Å². The van der Waals surface area contributed by atoms with E-state index in [9.17, 15) is 98.0 Å². The molecule has 15 N–H and O–H groups in total. The number of unbranched alkanes of at least 4 members (excludes halogenated alkanes) is 9. The van der Waals surface area contributed by atoms with Gasteiger partial charge in [0.25, 0.3) is 0 Å². The average Bonchev–Trinajstić information content (AvgIpc) is 1.61. The predicted molar refractivity (Wildman–Crippen MR) is 408 cm³/mol. The molecule has 2 aromatic heterocycles. The zero-order chi connectivity index (χ0) is 86.7. The van der Waals surface area contributed by atoms with Crippen LogP contribution in [0.3, 0.4) is 0 Å². The van der Waals surface area contributed by atoms with Gasteiger partial charge in [-0.1, -0.05) is 52.4 Å². The van der Waals surface area contributed by atoms with Gasteiger partial charge >= 0.3 is 39.1 Å². The van der Waals surface area contributed by atoms with Crippen molar-refractivity contribution in [1.82, 2.24) is 24.8 Å². The maximum atomic E-state index is 14.2. The summed E-state index contributed by atoms with van der Waals surface area (Å²) in [6.45, 7) is 2.96. The number of hydrogen-bond acceptors (Lipinski definition) is 38. The Morgan fingerprint density at radius 2 is 0.873 bits per heavy atom. The molecule has 118 heavy (non-hydrogen) atoms. The maximum Gasteiger partial charge on any atom is 0.472 e. The van der Waals surface area contributed by atoms with Gasteiger partial charge in [-0.2, -0.15) is 0 Å². The second-order valence-electron chi connectivity index (χ2n) is 29.5. The highest BCUT2D eigenvalue weighted by Crippen LogP contribution is 2.52. The Labute approximate surface area is 685 Å². The lowest BCUT2D eigenvalue weighted by molar-refractivity contribution is -0.282. The smallest absolute Gasteiger partial charge is 0.394 e. The molecule has 6 rings (SSSR count). The molecule has 50 heteroatoms. The van der Waals surface area contributed by atoms with E-state index in [2.05, 4.69) is 20.3 Å². The number of carbonyl (C=O) groups is 1. The number of carbonyl (C=O) groups excluding carboxylic acids is 1. The highest BCUT2D eigenvalue weighted by atomic mass is 31.2. The summed E-state index contributed by atoms with van der Waals surface area (Å²) in [5.74, 6) is -1.64. The molecule has 11 unspecified atom stereocenters. The lowest BCUT2D eigenvalue weighted by Crippen LogP contribution is -2.64. The van der Waals surface area contributed by atoms with Crippen molar-refractivity contribution >= 4 is 56.2 Å². The Hall–Kier alpha value is -2.19. The van der Waals surface area contributed by atoms with Crippen LogP contribution in [0.15, 0.2) is 12.7 Å². The molecule has 0 bridgehead atoms. The van der Waals surface area contributed by atoms with Crippen molar-refractivity contribution in [2.75, 3.05) is 132 Å². The number of rotatable bonds is 63. The summed E-state index contributed by atoms with van der Waals surface area (Å²) in [5, 5.41) is 92.8. The minimum absolute atomic E-state index is 0.0406. The van der Waals surface area contributed by atoms with Gasteiger partial charge in [0.2, 0.25) is 5.91 Å². The zero-order valence-corrected chi connectivity index (χ0v) is 72.0. The Morgan fingerprint density at radius 3 is 1.29 bits per heavy atom. The molecular formula is C68H126N5O40P5. The molecule has 688 valence electrons. The quantitative estimate of drug-likeness (QED) is 0.0334. The first-order valence-electron chi connectivity index (χ1n) is 39.6. The maximum absolute atomic E-state index is 14.2. The summed E-state index contributed by atoms with van der Waals surface area (Å²) >= 11 is 0. The van der Waals surface area contributed by atoms with Gasteiger partial charge < -0.3 is 123 Å². The van der Waals surface area contributed by atoms with Crippen molar-refractivity contribution < 1.29 is 191 Å². The number of amides is 1. The Kier molecular flexibility index (Phi) is 46.8.